The van der Waals surface area contributed by atoms with Crippen LogP contribution in [0.15, 0.2) is 0 Å². The molecule has 1 fully saturated rings. The zero-order chi connectivity index (χ0) is 13.5. The molecule has 2 atom stereocenters. The second-order valence-electron chi connectivity index (χ2n) is 4.64. The summed E-state index contributed by atoms with van der Waals surface area (Å²) in [5, 5.41) is 11.8. The van der Waals surface area contributed by atoms with Gasteiger partial charge < -0.3 is 15.2 Å². The maximum absolute atomic E-state index is 11.6. The first-order valence-corrected chi connectivity index (χ1v) is 6.28. The quantitative estimate of drug-likeness (QED) is 0.625. The van der Waals surface area contributed by atoms with Gasteiger partial charge in [-0.1, -0.05) is 0 Å². The van der Waals surface area contributed by atoms with E-state index in [4.69, 9.17) is 9.84 Å². The topological polar surface area (TPSA) is 78.9 Å². The van der Waals surface area contributed by atoms with Gasteiger partial charge >= 0.3 is 5.97 Å². The molecule has 0 aliphatic carbocycles. The molecule has 1 heterocycles. The molecule has 1 amide bonds. The molecule has 0 aromatic rings. The highest BCUT2D eigenvalue weighted by atomic mass is 16.5. The van der Waals surface area contributed by atoms with E-state index >= 15 is 0 Å². The summed E-state index contributed by atoms with van der Waals surface area (Å²) in [6.07, 6.45) is 1.41. The lowest BCUT2D eigenvalue weighted by Crippen LogP contribution is -2.41. The molecular weight excluding hydrogens is 236 g/mol. The van der Waals surface area contributed by atoms with Gasteiger partial charge in [0.05, 0.1) is 12.5 Å². The number of nitrogens with one attached hydrogen (secondary N) is 1. The van der Waals surface area contributed by atoms with Crippen molar-refractivity contribution in [2.75, 3.05) is 33.4 Å². The molecule has 0 saturated carbocycles. The van der Waals surface area contributed by atoms with Crippen LogP contribution in [-0.2, 0) is 14.3 Å². The molecular formula is C12H22N2O4. The Morgan fingerprint density at radius 3 is 2.78 bits per heavy atom. The number of hydrogen-bond donors (Lipinski definition) is 2. The van der Waals surface area contributed by atoms with Gasteiger partial charge in [-0.2, -0.15) is 0 Å². The Kier molecular flexibility index (Phi) is 6.07. The summed E-state index contributed by atoms with van der Waals surface area (Å²) in [7, 11) is 1.62. The fourth-order valence-corrected chi connectivity index (χ4v) is 2.24. The molecule has 6 heteroatoms. The Balaban J connectivity index is 2.26. The molecule has 0 aromatic carbocycles. The second-order valence-corrected chi connectivity index (χ2v) is 4.64. The number of carbonyl (C=O) groups excluding carboxylic acids is 1. The van der Waals surface area contributed by atoms with Gasteiger partial charge in [0.2, 0.25) is 5.91 Å². The Morgan fingerprint density at radius 1 is 1.50 bits per heavy atom. The molecule has 1 aliphatic rings. The minimum absolute atomic E-state index is 0.0519. The first kappa shape index (κ1) is 14.9. The van der Waals surface area contributed by atoms with Crippen LogP contribution >= 0.6 is 0 Å². The number of carboxylic acid groups (broad SMARTS) is 1. The Hall–Kier alpha value is -1.14. The summed E-state index contributed by atoms with van der Waals surface area (Å²) >= 11 is 0. The van der Waals surface area contributed by atoms with E-state index in [-0.39, 0.29) is 24.4 Å². The number of carboxylic acids is 1. The summed E-state index contributed by atoms with van der Waals surface area (Å²) in [4.78, 5) is 24.5. The molecule has 1 saturated heterocycles. The minimum atomic E-state index is -0.773. The molecule has 0 spiro atoms. The van der Waals surface area contributed by atoms with Gasteiger partial charge in [0.15, 0.2) is 0 Å². The highest BCUT2D eigenvalue weighted by Crippen LogP contribution is 2.23. The lowest BCUT2D eigenvalue weighted by atomic mass is 10.0. The summed E-state index contributed by atoms with van der Waals surface area (Å²) < 4.78 is 4.89. The standard InChI is InChI=1S/C12H22N2O4/c1-9-10(12(16)17)4-6-14(9)8-11(15)13-5-3-7-18-2/h9-10H,3-8H2,1-2H3,(H,13,15)(H,16,17). The molecule has 0 radical (unpaired) electrons. The van der Waals surface area contributed by atoms with Crippen molar-refractivity contribution in [3.63, 3.8) is 0 Å². The van der Waals surface area contributed by atoms with Crippen LogP contribution in [0, 0.1) is 5.92 Å². The van der Waals surface area contributed by atoms with Gasteiger partial charge in [-0.15, -0.1) is 0 Å². The number of nitrogens with zero attached hydrogens (tertiary/aromatic N) is 1. The van der Waals surface area contributed by atoms with Gasteiger partial charge in [-0.25, -0.2) is 0 Å². The number of carbonyl (C=O) groups is 2. The monoisotopic (exact) mass is 258 g/mol. The van der Waals surface area contributed by atoms with E-state index in [0.29, 0.717) is 26.1 Å². The van der Waals surface area contributed by atoms with Gasteiger partial charge in [-0.05, 0) is 26.3 Å². The van der Waals surface area contributed by atoms with Crippen LogP contribution in [0.25, 0.3) is 0 Å². The smallest absolute Gasteiger partial charge is 0.308 e. The van der Waals surface area contributed by atoms with Crippen LogP contribution in [0.5, 0.6) is 0 Å². The van der Waals surface area contributed by atoms with E-state index < -0.39 is 5.97 Å². The fourth-order valence-electron chi connectivity index (χ4n) is 2.24. The van der Waals surface area contributed by atoms with Crippen molar-refractivity contribution >= 4 is 11.9 Å². The zero-order valence-electron chi connectivity index (χ0n) is 11.0. The SMILES string of the molecule is COCCCNC(=O)CN1CCC(C(=O)O)C1C. The number of amides is 1. The van der Waals surface area contributed by atoms with Crippen molar-refractivity contribution in [3.05, 3.63) is 0 Å². The van der Waals surface area contributed by atoms with Crippen molar-refractivity contribution in [1.82, 2.24) is 10.2 Å². The predicted octanol–water partition coefficient (Wildman–Crippen LogP) is -0.0659. The average Bonchev–Trinajstić information content (AvgIpc) is 2.67. The van der Waals surface area contributed by atoms with Crippen molar-refractivity contribution in [1.29, 1.82) is 0 Å². The summed E-state index contributed by atoms with van der Waals surface area (Å²) in [6, 6.07) is -0.0766. The third-order valence-electron chi connectivity index (χ3n) is 3.40. The number of ether oxygens (including phenoxy) is 1. The van der Waals surface area contributed by atoms with Crippen LogP contribution in [0.1, 0.15) is 19.8 Å². The van der Waals surface area contributed by atoms with E-state index in [9.17, 15) is 9.59 Å². The van der Waals surface area contributed by atoms with E-state index in [1.54, 1.807) is 7.11 Å². The summed E-state index contributed by atoms with van der Waals surface area (Å²) in [6.45, 7) is 4.03. The first-order valence-electron chi connectivity index (χ1n) is 6.28. The number of methoxy groups -OCH3 is 1. The minimum Gasteiger partial charge on any atom is -0.481 e. The number of aliphatic carboxylic acids is 1. The van der Waals surface area contributed by atoms with Crippen molar-refractivity contribution in [2.24, 2.45) is 5.92 Å². The lowest BCUT2D eigenvalue weighted by Gasteiger charge is -2.22. The van der Waals surface area contributed by atoms with Crippen LogP contribution in [0.3, 0.4) is 0 Å². The van der Waals surface area contributed by atoms with Crippen molar-refractivity contribution in [3.8, 4) is 0 Å². The maximum Gasteiger partial charge on any atom is 0.308 e. The molecule has 6 nitrogen and oxygen atoms in total. The van der Waals surface area contributed by atoms with Gasteiger partial charge in [0.1, 0.15) is 0 Å². The van der Waals surface area contributed by atoms with E-state index in [1.165, 1.54) is 0 Å². The number of hydrogen-bond acceptors (Lipinski definition) is 4. The molecule has 18 heavy (non-hydrogen) atoms. The molecule has 104 valence electrons. The highest BCUT2D eigenvalue weighted by Gasteiger charge is 2.36. The van der Waals surface area contributed by atoms with Crippen LogP contribution < -0.4 is 5.32 Å². The molecule has 0 bridgehead atoms. The van der Waals surface area contributed by atoms with Gasteiger partial charge in [-0.3, -0.25) is 14.5 Å². The number of rotatable bonds is 7. The van der Waals surface area contributed by atoms with Gasteiger partial charge in [0.25, 0.3) is 0 Å². The van der Waals surface area contributed by atoms with E-state index in [0.717, 1.165) is 6.42 Å². The molecule has 1 aliphatic heterocycles. The average molecular weight is 258 g/mol. The molecule has 2 N–H and O–H groups in total. The molecule has 2 unspecified atom stereocenters. The second kappa shape index (κ2) is 7.33. The normalized spacial score (nSPS) is 24.1. The van der Waals surface area contributed by atoms with E-state index in [1.807, 2.05) is 11.8 Å². The van der Waals surface area contributed by atoms with Crippen LogP contribution in [0.2, 0.25) is 0 Å². The van der Waals surface area contributed by atoms with Crippen molar-refractivity contribution in [2.45, 2.75) is 25.8 Å². The Labute approximate surface area is 107 Å². The van der Waals surface area contributed by atoms with Gasteiger partial charge in [0, 0.05) is 26.3 Å². The third kappa shape index (κ3) is 4.27. The lowest BCUT2D eigenvalue weighted by molar-refractivity contribution is -0.142. The Morgan fingerprint density at radius 2 is 2.22 bits per heavy atom. The van der Waals surface area contributed by atoms with Crippen LogP contribution in [0.4, 0.5) is 0 Å². The Bertz CT molecular complexity index is 296. The maximum atomic E-state index is 11.6. The highest BCUT2D eigenvalue weighted by molar-refractivity contribution is 5.78. The van der Waals surface area contributed by atoms with E-state index in [2.05, 4.69) is 5.32 Å². The zero-order valence-corrected chi connectivity index (χ0v) is 11.0. The van der Waals surface area contributed by atoms with Crippen LogP contribution in [-0.4, -0.2) is 61.3 Å². The van der Waals surface area contributed by atoms with Crippen molar-refractivity contribution < 1.29 is 19.4 Å². The first-order chi connectivity index (χ1) is 8.56. The molecule has 1 rings (SSSR count). The fraction of sp³-hybridized carbons (Fsp3) is 0.833. The largest absolute Gasteiger partial charge is 0.481 e. The summed E-state index contributed by atoms with van der Waals surface area (Å²) in [5.41, 5.74) is 0. The molecule has 0 aromatic heterocycles. The number of likely N-dealkylation sites (tertiary alicyclic amines) is 1. The predicted molar refractivity (Wildman–Crippen MR) is 66.3 cm³/mol. The third-order valence-corrected chi connectivity index (χ3v) is 3.40. The summed E-state index contributed by atoms with van der Waals surface area (Å²) in [5.74, 6) is -1.18.